The lowest BCUT2D eigenvalue weighted by Crippen LogP contribution is -2.38. The monoisotopic (exact) mass is 427 g/mol. The number of hydrogen-bond donors (Lipinski definition) is 2. The van der Waals surface area contributed by atoms with E-state index in [1.54, 1.807) is 52.0 Å². The lowest BCUT2D eigenvalue weighted by atomic mass is 10.2. The zero-order chi connectivity index (χ0) is 22.3. The minimum absolute atomic E-state index is 0.0662. The Labute approximate surface area is 172 Å². The zero-order valence-corrected chi connectivity index (χ0v) is 17.3. The van der Waals surface area contributed by atoms with Crippen molar-refractivity contribution in [1.29, 1.82) is 0 Å². The number of benzene rings is 1. The number of nitrogens with zero attached hydrogens (tertiary/aromatic N) is 2. The summed E-state index contributed by atoms with van der Waals surface area (Å²) in [6.45, 7) is 7.10. The Morgan fingerprint density at radius 2 is 1.97 bits per heavy atom. The minimum atomic E-state index is -2.68. The molecule has 0 fully saturated rings. The number of alkyl carbamates (subject to hydrolysis) is 1. The summed E-state index contributed by atoms with van der Waals surface area (Å²) < 4.78 is 51.0. The van der Waals surface area contributed by atoms with Crippen LogP contribution in [0.3, 0.4) is 0 Å². The van der Waals surface area contributed by atoms with Gasteiger partial charge in [-0.2, -0.15) is 18.6 Å². The van der Waals surface area contributed by atoms with Gasteiger partial charge in [0.15, 0.2) is 0 Å². The summed E-state index contributed by atoms with van der Waals surface area (Å²) in [4.78, 5) is 15.6. The first kappa shape index (κ1) is 23.2. The highest BCUT2D eigenvalue weighted by Crippen LogP contribution is 2.21. The molecule has 0 spiro atoms. The Hall–Kier alpha value is -3.04. The molecule has 1 aromatic carbocycles. The standard InChI is InChI=1S/C20H25F3N4O3/c1-5-27-18(16(22)23)25-17(26-27)14-6-8-15(9-7-14)29-12-13(10-21)11-24-19(28)30-20(2,3)4/h6-10,16H,5,11-12H2,1-4H3,(H,24,28)/p+1/b13-10+. The maximum Gasteiger partial charge on any atom is 0.407 e. The largest absolute Gasteiger partial charge is 0.489 e. The second kappa shape index (κ2) is 10.1. The highest BCUT2D eigenvalue weighted by atomic mass is 19.3. The number of carbonyl (C=O) groups excluding carboxylic acids is 1. The van der Waals surface area contributed by atoms with Gasteiger partial charge in [-0.25, -0.2) is 9.18 Å². The van der Waals surface area contributed by atoms with E-state index in [4.69, 9.17) is 9.47 Å². The smallest absolute Gasteiger partial charge is 0.407 e. The maximum atomic E-state index is 13.1. The highest BCUT2D eigenvalue weighted by molar-refractivity contribution is 5.68. The van der Waals surface area contributed by atoms with Crippen molar-refractivity contribution in [2.24, 2.45) is 0 Å². The van der Waals surface area contributed by atoms with E-state index in [9.17, 15) is 18.0 Å². The molecule has 1 amide bonds. The quantitative estimate of drug-likeness (QED) is 0.622. The Balaban J connectivity index is 1.93. The Morgan fingerprint density at radius 1 is 1.30 bits per heavy atom. The summed E-state index contributed by atoms with van der Waals surface area (Å²) in [5.41, 5.74) is 0.161. The normalized spacial score (nSPS) is 12.2. The molecule has 0 aliphatic heterocycles. The van der Waals surface area contributed by atoms with Crippen LogP contribution < -0.4 is 14.7 Å². The van der Waals surface area contributed by atoms with Gasteiger partial charge in [0.2, 0.25) is 0 Å². The lowest BCUT2D eigenvalue weighted by molar-refractivity contribution is -0.758. The number of alkyl halides is 2. The first-order valence-corrected chi connectivity index (χ1v) is 9.39. The summed E-state index contributed by atoms with van der Waals surface area (Å²) in [5.74, 6) is 0.423. The minimum Gasteiger partial charge on any atom is -0.489 e. The van der Waals surface area contributed by atoms with Crippen LogP contribution in [0.5, 0.6) is 5.75 Å². The number of rotatable bonds is 8. The fourth-order valence-corrected chi connectivity index (χ4v) is 2.43. The molecule has 0 aliphatic rings. The van der Waals surface area contributed by atoms with E-state index < -0.39 is 18.1 Å². The van der Waals surface area contributed by atoms with Gasteiger partial charge >= 0.3 is 18.3 Å². The fraction of sp³-hybridized carbons (Fsp3) is 0.450. The van der Waals surface area contributed by atoms with Gasteiger partial charge in [0.05, 0.1) is 6.33 Å². The third-order valence-corrected chi connectivity index (χ3v) is 3.82. The first-order valence-electron chi connectivity index (χ1n) is 9.39. The van der Waals surface area contributed by atoms with Gasteiger partial charge in [0.1, 0.15) is 24.5 Å². The second-order valence-corrected chi connectivity index (χ2v) is 7.41. The van der Waals surface area contributed by atoms with Crippen molar-refractivity contribution in [2.45, 2.75) is 46.3 Å². The van der Waals surface area contributed by atoms with Gasteiger partial charge in [0, 0.05) is 17.7 Å². The molecule has 0 atom stereocenters. The van der Waals surface area contributed by atoms with Gasteiger partial charge in [-0.3, -0.25) is 0 Å². The number of aromatic nitrogens is 3. The molecule has 2 N–H and O–H groups in total. The number of nitrogens with one attached hydrogen (secondary N) is 2. The van der Waals surface area contributed by atoms with E-state index in [0.29, 0.717) is 30.0 Å². The number of carbonyl (C=O) groups is 1. The summed E-state index contributed by atoms with van der Waals surface area (Å²) in [7, 11) is 0. The molecule has 30 heavy (non-hydrogen) atoms. The number of aromatic amines is 1. The van der Waals surface area contributed by atoms with E-state index in [-0.39, 0.29) is 24.5 Å². The number of halogens is 3. The van der Waals surface area contributed by atoms with Crippen LogP contribution in [0, 0.1) is 0 Å². The van der Waals surface area contributed by atoms with Gasteiger partial charge in [-0.15, -0.1) is 0 Å². The van der Waals surface area contributed by atoms with Crippen molar-refractivity contribution in [3.05, 3.63) is 42.0 Å². The summed E-state index contributed by atoms with van der Waals surface area (Å²) in [6, 6.07) is 6.54. The summed E-state index contributed by atoms with van der Waals surface area (Å²) >= 11 is 0. The Bertz CT molecular complexity index is 874. The van der Waals surface area contributed by atoms with E-state index >= 15 is 0 Å². The average Bonchev–Trinajstić information content (AvgIpc) is 3.12. The molecule has 1 aromatic heterocycles. The van der Waals surface area contributed by atoms with Crippen LogP contribution in [0.15, 0.2) is 36.2 Å². The van der Waals surface area contributed by atoms with Crippen LogP contribution in [-0.4, -0.2) is 34.9 Å². The molecule has 0 saturated carbocycles. The predicted molar refractivity (Wildman–Crippen MR) is 104 cm³/mol. The molecule has 0 saturated heterocycles. The summed E-state index contributed by atoms with van der Waals surface area (Å²) in [5, 5.41) is 5.28. The van der Waals surface area contributed by atoms with Gasteiger partial charge in [-0.1, -0.05) is 0 Å². The van der Waals surface area contributed by atoms with Crippen LogP contribution in [0.1, 0.15) is 39.9 Å². The molecule has 2 aromatic rings. The van der Waals surface area contributed by atoms with Crippen molar-refractivity contribution in [1.82, 2.24) is 15.4 Å². The average molecular weight is 427 g/mol. The molecule has 7 nitrogen and oxygen atoms in total. The van der Waals surface area contributed by atoms with E-state index in [1.807, 2.05) is 0 Å². The van der Waals surface area contributed by atoms with E-state index in [0.717, 1.165) is 0 Å². The number of ether oxygens (including phenoxy) is 2. The van der Waals surface area contributed by atoms with E-state index in [2.05, 4.69) is 15.4 Å². The molecule has 0 radical (unpaired) electrons. The molecule has 0 bridgehead atoms. The first-order chi connectivity index (χ1) is 14.1. The molecule has 0 unspecified atom stereocenters. The van der Waals surface area contributed by atoms with Crippen molar-refractivity contribution in [2.75, 3.05) is 13.2 Å². The zero-order valence-electron chi connectivity index (χ0n) is 17.3. The van der Waals surface area contributed by atoms with Gasteiger partial charge in [-0.05, 0) is 56.9 Å². The molecular weight excluding hydrogens is 401 g/mol. The van der Waals surface area contributed by atoms with Crippen molar-refractivity contribution in [3.63, 3.8) is 0 Å². The number of aryl methyl sites for hydroxylation is 1. The third kappa shape index (κ3) is 6.78. The van der Waals surface area contributed by atoms with Gasteiger partial charge < -0.3 is 14.8 Å². The number of H-pyrrole nitrogens is 1. The van der Waals surface area contributed by atoms with Crippen LogP contribution >= 0.6 is 0 Å². The topological polar surface area (TPSA) is 80.1 Å². The number of hydrogen-bond acceptors (Lipinski definition) is 4. The van der Waals surface area contributed by atoms with Crippen molar-refractivity contribution in [3.8, 4) is 17.1 Å². The highest BCUT2D eigenvalue weighted by Gasteiger charge is 2.28. The van der Waals surface area contributed by atoms with E-state index in [1.165, 1.54) is 4.68 Å². The predicted octanol–water partition coefficient (Wildman–Crippen LogP) is 4.08. The molecule has 0 aliphatic carbocycles. The fourth-order valence-electron chi connectivity index (χ4n) is 2.43. The summed E-state index contributed by atoms with van der Waals surface area (Å²) in [6.07, 6.45) is -2.97. The van der Waals surface area contributed by atoms with Crippen LogP contribution in [0.4, 0.5) is 18.0 Å². The van der Waals surface area contributed by atoms with Crippen LogP contribution in [0.2, 0.25) is 0 Å². The molecule has 2 rings (SSSR count). The Kier molecular flexibility index (Phi) is 7.85. The Morgan fingerprint density at radius 3 is 2.47 bits per heavy atom. The molecule has 1 heterocycles. The molecular formula is C20H26F3N4O3+. The maximum absolute atomic E-state index is 13.1. The second-order valence-electron chi connectivity index (χ2n) is 7.41. The molecule has 164 valence electrons. The van der Waals surface area contributed by atoms with Crippen LogP contribution in [0.25, 0.3) is 11.4 Å². The SMILES string of the molecule is CC[n+]1[nH]c(-c2ccc(OC/C(=C/F)CNC(=O)OC(C)(C)C)cc2)nc1C(F)F. The third-order valence-electron chi connectivity index (χ3n) is 3.82. The van der Waals surface area contributed by atoms with Crippen LogP contribution in [-0.2, 0) is 11.3 Å². The van der Waals surface area contributed by atoms with Crippen molar-refractivity contribution < 1.29 is 32.1 Å². The number of amides is 1. The molecule has 10 heteroatoms. The lowest BCUT2D eigenvalue weighted by Gasteiger charge is -2.20. The van der Waals surface area contributed by atoms with Gasteiger partial charge in [0.25, 0.3) is 5.82 Å². The van der Waals surface area contributed by atoms with Crippen molar-refractivity contribution >= 4 is 6.09 Å².